The minimum Gasteiger partial charge on any atom is -0.452 e. The highest BCUT2D eigenvalue weighted by Gasteiger charge is 2.20. The number of halogens is 3. The quantitative estimate of drug-likeness (QED) is 0.680. The van der Waals surface area contributed by atoms with Gasteiger partial charge in [0.25, 0.3) is 5.91 Å². The second-order valence-electron chi connectivity index (χ2n) is 5.07. The number of ether oxygens (including phenoxy) is 1. The molecule has 27 heavy (non-hydrogen) atoms. The van der Waals surface area contributed by atoms with Gasteiger partial charge in [0.1, 0.15) is 5.82 Å². The minimum atomic E-state index is -3.89. The summed E-state index contributed by atoms with van der Waals surface area (Å²) in [5, 5.41) is 2.72. The van der Waals surface area contributed by atoms with Crippen LogP contribution >= 0.6 is 23.2 Å². The van der Waals surface area contributed by atoms with Crippen LogP contribution in [0.4, 0.5) is 10.1 Å². The second kappa shape index (κ2) is 8.66. The average Bonchev–Trinajstić information content (AvgIpc) is 2.63. The first-order chi connectivity index (χ1) is 12.7. The molecule has 11 heteroatoms. The largest absolute Gasteiger partial charge is 0.452 e. The van der Waals surface area contributed by atoms with Crippen molar-refractivity contribution < 1.29 is 27.1 Å². The summed E-state index contributed by atoms with van der Waals surface area (Å²) < 4.78 is 44.1. The fourth-order valence-corrected chi connectivity index (χ4v) is 3.20. The van der Waals surface area contributed by atoms with Crippen molar-refractivity contribution in [3.8, 4) is 0 Å². The lowest BCUT2D eigenvalue weighted by Crippen LogP contribution is -2.22. The fourth-order valence-electron chi connectivity index (χ4n) is 1.95. The number of esters is 1. The van der Waals surface area contributed by atoms with Gasteiger partial charge in [0.2, 0.25) is 10.0 Å². The third-order valence-corrected chi connectivity index (χ3v) is 5.34. The van der Waals surface area contributed by atoms with Crippen molar-refractivity contribution in [3.63, 3.8) is 0 Å². The van der Waals surface area contributed by atoms with Crippen LogP contribution in [0, 0.1) is 5.82 Å². The van der Waals surface area contributed by atoms with Crippen LogP contribution in [0.1, 0.15) is 10.4 Å². The molecule has 0 bridgehead atoms. The van der Waals surface area contributed by atoms with E-state index >= 15 is 0 Å². The molecule has 0 spiro atoms. The molecule has 0 aliphatic carbocycles. The molecule has 0 aromatic heterocycles. The van der Waals surface area contributed by atoms with Gasteiger partial charge in [-0.2, -0.15) is 0 Å². The molecule has 0 aliphatic heterocycles. The van der Waals surface area contributed by atoms with Crippen LogP contribution in [0.25, 0.3) is 0 Å². The Labute approximate surface area is 164 Å². The Kier molecular flexibility index (Phi) is 6.77. The summed E-state index contributed by atoms with van der Waals surface area (Å²) in [6.45, 7) is -0.761. The van der Waals surface area contributed by atoms with Crippen LogP contribution in [-0.4, -0.2) is 33.9 Å². The van der Waals surface area contributed by atoms with Gasteiger partial charge in [0, 0.05) is 0 Å². The zero-order valence-electron chi connectivity index (χ0n) is 13.8. The van der Waals surface area contributed by atoms with Crippen molar-refractivity contribution >= 4 is 50.8 Å². The first-order valence-electron chi connectivity index (χ1n) is 7.30. The number of benzene rings is 2. The van der Waals surface area contributed by atoms with Crippen molar-refractivity contribution in [3.05, 3.63) is 57.8 Å². The Balaban J connectivity index is 2.10. The molecule has 0 saturated heterocycles. The molecule has 0 heterocycles. The van der Waals surface area contributed by atoms with Crippen LogP contribution in [0.3, 0.4) is 0 Å². The van der Waals surface area contributed by atoms with Gasteiger partial charge in [0.05, 0.1) is 26.2 Å². The van der Waals surface area contributed by atoms with E-state index in [0.717, 1.165) is 18.2 Å². The molecule has 2 N–H and O–H groups in total. The molecular weight excluding hydrogens is 422 g/mol. The highest BCUT2D eigenvalue weighted by atomic mass is 35.5. The topological polar surface area (TPSA) is 102 Å². The summed E-state index contributed by atoms with van der Waals surface area (Å²) in [5.74, 6) is -2.97. The van der Waals surface area contributed by atoms with E-state index < -0.39 is 39.9 Å². The molecule has 2 rings (SSSR count). The van der Waals surface area contributed by atoms with E-state index in [-0.39, 0.29) is 20.6 Å². The normalized spacial score (nSPS) is 11.1. The molecule has 7 nitrogen and oxygen atoms in total. The van der Waals surface area contributed by atoms with E-state index in [4.69, 9.17) is 27.9 Å². The molecule has 0 unspecified atom stereocenters. The second-order valence-corrected chi connectivity index (χ2v) is 7.77. The van der Waals surface area contributed by atoms with Crippen LogP contribution in [-0.2, 0) is 19.6 Å². The number of sulfonamides is 1. The summed E-state index contributed by atoms with van der Waals surface area (Å²) in [7, 11) is -2.72. The van der Waals surface area contributed by atoms with Crippen molar-refractivity contribution in [2.75, 3.05) is 19.0 Å². The van der Waals surface area contributed by atoms with Crippen molar-refractivity contribution in [1.82, 2.24) is 4.72 Å². The number of para-hydroxylation sites is 1. The Morgan fingerprint density at radius 2 is 1.78 bits per heavy atom. The van der Waals surface area contributed by atoms with Crippen LogP contribution in [0.5, 0.6) is 0 Å². The Bertz CT molecular complexity index is 978. The number of hydrogen-bond donors (Lipinski definition) is 2. The van der Waals surface area contributed by atoms with Crippen LogP contribution in [0.2, 0.25) is 10.0 Å². The van der Waals surface area contributed by atoms with Gasteiger partial charge in [-0.3, -0.25) is 4.79 Å². The summed E-state index contributed by atoms with van der Waals surface area (Å²) in [5.41, 5.74) is -0.495. The number of carbonyl (C=O) groups is 2. The molecule has 144 valence electrons. The number of rotatable bonds is 6. The van der Waals surface area contributed by atoms with E-state index in [9.17, 15) is 22.4 Å². The molecular formula is C16H13Cl2FN2O5S. The zero-order chi connectivity index (χ0) is 20.2. The van der Waals surface area contributed by atoms with E-state index in [2.05, 4.69) is 5.32 Å². The molecule has 0 fully saturated rings. The number of anilines is 1. The molecule has 0 radical (unpaired) electrons. The molecule has 0 saturated carbocycles. The average molecular weight is 435 g/mol. The van der Waals surface area contributed by atoms with Gasteiger partial charge in [0.15, 0.2) is 6.61 Å². The van der Waals surface area contributed by atoms with E-state index in [1.807, 2.05) is 4.72 Å². The molecule has 2 aromatic carbocycles. The predicted molar refractivity (Wildman–Crippen MR) is 98.0 cm³/mol. The van der Waals surface area contributed by atoms with Gasteiger partial charge in [-0.15, -0.1) is 0 Å². The minimum absolute atomic E-state index is 0.134. The first-order valence-corrected chi connectivity index (χ1v) is 9.53. The Morgan fingerprint density at radius 3 is 2.37 bits per heavy atom. The van der Waals surface area contributed by atoms with Gasteiger partial charge < -0.3 is 10.1 Å². The van der Waals surface area contributed by atoms with Gasteiger partial charge >= 0.3 is 5.97 Å². The van der Waals surface area contributed by atoms with Gasteiger partial charge in [-0.05, 0) is 37.4 Å². The van der Waals surface area contributed by atoms with Crippen molar-refractivity contribution in [2.24, 2.45) is 0 Å². The molecule has 0 aliphatic rings. The predicted octanol–water partition coefficient (Wildman–Crippen LogP) is 2.84. The smallest absolute Gasteiger partial charge is 0.341 e. The van der Waals surface area contributed by atoms with Gasteiger partial charge in [-0.1, -0.05) is 29.3 Å². The SMILES string of the molecule is CNS(=O)(=O)c1ccc(F)c(C(=O)OCC(=O)Nc2c(Cl)cccc2Cl)c1. The number of carbonyl (C=O) groups excluding carboxylic acids is 2. The summed E-state index contributed by atoms with van der Waals surface area (Å²) in [6.07, 6.45) is 0. The van der Waals surface area contributed by atoms with E-state index in [0.29, 0.717) is 0 Å². The third kappa shape index (κ3) is 5.16. The van der Waals surface area contributed by atoms with Crippen LogP contribution < -0.4 is 10.0 Å². The Hall–Kier alpha value is -2.20. The fraction of sp³-hybridized carbons (Fsp3) is 0.125. The van der Waals surface area contributed by atoms with E-state index in [1.54, 1.807) is 6.07 Å². The number of amides is 1. The van der Waals surface area contributed by atoms with Crippen molar-refractivity contribution in [1.29, 1.82) is 0 Å². The standard InChI is InChI=1S/C16H13Cl2FN2O5S/c1-20-27(24,25)9-5-6-13(19)10(7-9)16(23)26-8-14(22)21-15-11(17)3-2-4-12(15)18/h2-7,20H,8H2,1H3,(H,21,22). The summed E-state index contributed by atoms with van der Waals surface area (Å²) in [4.78, 5) is 23.6. The summed E-state index contributed by atoms with van der Waals surface area (Å²) in [6, 6.07) is 7.19. The Morgan fingerprint density at radius 1 is 1.15 bits per heavy atom. The number of hydrogen-bond acceptors (Lipinski definition) is 5. The monoisotopic (exact) mass is 434 g/mol. The molecule has 0 atom stereocenters. The maximum Gasteiger partial charge on any atom is 0.341 e. The third-order valence-electron chi connectivity index (χ3n) is 3.30. The highest BCUT2D eigenvalue weighted by molar-refractivity contribution is 7.89. The molecule has 2 aromatic rings. The maximum atomic E-state index is 13.8. The zero-order valence-corrected chi connectivity index (χ0v) is 16.1. The van der Waals surface area contributed by atoms with Crippen molar-refractivity contribution in [2.45, 2.75) is 4.90 Å². The lowest BCUT2D eigenvalue weighted by molar-refractivity contribution is -0.119. The lowest BCUT2D eigenvalue weighted by atomic mass is 10.2. The lowest BCUT2D eigenvalue weighted by Gasteiger charge is -2.10. The van der Waals surface area contributed by atoms with E-state index in [1.165, 1.54) is 19.2 Å². The van der Waals surface area contributed by atoms with Gasteiger partial charge in [-0.25, -0.2) is 22.3 Å². The van der Waals surface area contributed by atoms with Crippen LogP contribution in [0.15, 0.2) is 41.3 Å². The molecule has 1 amide bonds. The maximum absolute atomic E-state index is 13.8. The summed E-state index contributed by atoms with van der Waals surface area (Å²) >= 11 is 11.8. The number of nitrogens with one attached hydrogen (secondary N) is 2. The first kappa shape index (κ1) is 21.1. The highest BCUT2D eigenvalue weighted by Crippen LogP contribution is 2.29.